The molecular formula is C28H48O5Si2. The Labute approximate surface area is 216 Å². The van der Waals surface area contributed by atoms with Crippen molar-refractivity contribution in [3.05, 3.63) is 60.7 Å². The molecule has 0 fully saturated rings. The molecule has 0 aliphatic rings. The Bertz CT molecular complexity index is 683. The number of rotatable bonds is 17. The zero-order chi connectivity index (χ0) is 25.8. The van der Waals surface area contributed by atoms with E-state index in [1.54, 1.807) is 14.2 Å². The summed E-state index contributed by atoms with van der Waals surface area (Å²) in [4.78, 5) is 0. The predicted molar refractivity (Wildman–Crippen MR) is 151 cm³/mol. The summed E-state index contributed by atoms with van der Waals surface area (Å²) in [6, 6.07) is 21.3. The summed E-state index contributed by atoms with van der Waals surface area (Å²) in [5.41, 5.74) is 0. The van der Waals surface area contributed by atoms with Gasteiger partial charge in [-0.1, -0.05) is 99.7 Å². The van der Waals surface area contributed by atoms with Crippen LogP contribution in [-0.4, -0.2) is 51.4 Å². The van der Waals surface area contributed by atoms with Gasteiger partial charge in [-0.05, 0) is 37.6 Å². The largest absolute Gasteiger partial charge is 0.500 e. The second-order valence-electron chi connectivity index (χ2n) is 8.26. The molecule has 2 aromatic carbocycles. The first-order valence-corrected chi connectivity index (χ1v) is 17.0. The molecule has 0 aliphatic carbocycles. The van der Waals surface area contributed by atoms with Gasteiger partial charge in [0.15, 0.2) is 0 Å². The maximum absolute atomic E-state index is 5.83. The van der Waals surface area contributed by atoms with Gasteiger partial charge in [-0.3, -0.25) is 0 Å². The Balaban J connectivity index is 0.000000350. The molecule has 0 N–H and O–H groups in total. The number of hydrogen-bond donors (Lipinski definition) is 0. The van der Waals surface area contributed by atoms with Crippen LogP contribution in [0.15, 0.2) is 60.7 Å². The lowest BCUT2D eigenvalue weighted by molar-refractivity contribution is 0.0706. The molecule has 0 heterocycles. The Hall–Kier alpha value is -1.33. The van der Waals surface area contributed by atoms with Crippen molar-refractivity contribution in [2.45, 2.75) is 72.3 Å². The third-order valence-electron chi connectivity index (χ3n) is 5.81. The van der Waals surface area contributed by atoms with Crippen LogP contribution in [0.25, 0.3) is 0 Å². The third kappa shape index (κ3) is 10.7. The quantitative estimate of drug-likeness (QED) is 0.191. The van der Waals surface area contributed by atoms with Crippen molar-refractivity contribution in [1.29, 1.82) is 0 Å². The van der Waals surface area contributed by atoms with Crippen LogP contribution in [0.5, 0.6) is 0 Å². The van der Waals surface area contributed by atoms with Crippen molar-refractivity contribution in [3.8, 4) is 0 Å². The summed E-state index contributed by atoms with van der Waals surface area (Å²) in [6.45, 7) is 10.3. The van der Waals surface area contributed by atoms with Gasteiger partial charge in [-0.15, -0.1) is 0 Å². The smallest absolute Gasteiger partial charge is 0.391 e. The summed E-state index contributed by atoms with van der Waals surface area (Å²) in [6.07, 6.45) is 7.75. The second-order valence-corrected chi connectivity index (χ2v) is 14.2. The van der Waals surface area contributed by atoms with Crippen molar-refractivity contribution in [3.63, 3.8) is 0 Å². The highest BCUT2D eigenvalue weighted by Crippen LogP contribution is 2.20. The molecule has 0 saturated carbocycles. The van der Waals surface area contributed by atoms with E-state index >= 15 is 0 Å². The Morgan fingerprint density at radius 3 is 1.31 bits per heavy atom. The fourth-order valence-electron chi connectivity index (χ4n) is 4.16. The second kappa shape index (κ2) is 18.9. The van der Waals surface area contributed by atoms with Crippen LogP contribution in [0, 0.1) is 0 Å². The summed E-state index contributed by atoms with van der Waals surface area (Å²) < 4.78 is 29.0. The molecule has 35 heavy (non-hydrogen) atoms. The minimum absolute atomic E-state index is 0.683. The lowest BCUT2D eigenvalue weighted by atomic mass is 10.1. The summed E-state index contributed by atoms with van der Waals surface area (Å²) in [7, 11) is -1.42. The predicted octanol–water partition coefficient (Wildman–Crippen LogP) is 5.93. The van der Waals surface area contributed by atoms with Crippen LogP contribution < -0.4 is 10.4 Å². The van der Waals surface area contributed by atoms with Crippen LogP contribution in [0.2, 0.25) is 6.04 Å². The Morgan fingerprint density at radius 2 is 0.943 bits per heavy atom. The van der Waals surface area contributed by atoms with E-state index < -0.39 is 17.4 Å². The number of hydrogen-bond acceptors (Lipinski definition) is 5. The number of benzene rings is 2. The molecule has 198 valence electrons. The van der Waals surface area contributed by atoms with Crippen LogP contribution in [0.3, 0.4) is 0 Å². The van der Waals surface area contributed by atoms with Gasteiger partial charge < -0.3 is 22.1 Å². The minimum Gasteiger partial charge on any atom is -0.391 e. The first-order valence-electron chi connectivity index (χ1n) is 13.2. The SMILES string of the molecule is CCCCCCCC[Si](OCC)(OCC)OCC.CO[Si](OC)(c1ccccc1)c1ccccc1. The third-order valence-corrected chi connectivity index (χ3v) is 12.3. The Morgan fingerprint density at radius 1 is 0.543 bits per heavy atom. The highest BCUT2D eigenvalue weighted by atomic mass is 28.4. The molecule has 0 atom stereocenters. The van der Waals surface area contributed by atoms with Crippen LogP contribution in [-0.2, 0) is 22.1 Å². The molecule has 0 unspecified atom stereocenters. The maximum atomic E-state index is 5.83. The lowest BCUT2D eigenvalue weighted by Crippen LogP contribution is -2.62. The van der Waals surface area contributed by atoms with Crippen molar-refractivity contribution in [2.75, 3.05) is 34.0 Å². The highest BCUT2D eigenvalue weighted by Gasteiger charge is 2.40. The monoisotopic (exact) mass is 520 g/mol. The van der Waals surface area contributed by atoms with Crippen LogP contribution in [0.1, 0.15) is 66.2 Å². The molecular weight excluding hydrogens is 472 g/mol. The average molecular weight is 521 g/mol. The fraction of sp³-hybridized carbons (Fsp3) is 0.571. The average Bonchev–Trinajstić information content (AvgIpc) is 2.89. The summed E-state index contributed by atoms with van der Waals surface area (Å²) in [5, 5.41) is 2.24. The van der Waals surface area contributed by atoms with Gasteiger partial charge in [-0.25, -0.2) is 0 Å². The van der Waals surface area contributed by atoms with Gasteiger partial charge in [0.1, 0.15) is 0 Å². The zero-order valence-corrected chi connectivity index (χ0v) is 24.9. The van der Waals surface area contributed by atoms with Crippen molar-refractivity contribution in [2.24, 2.45) is 0 Å². The molecule has 0 bridgehead atoms. The van der Waals surface area contributed by atoms with E-state index in [1.807, 2.05) is 57.2 Å². The van der Waals surface area contributed by atoms with E-state index in [0.29, 0.717) is 19.8 Å². The molecule has 0 spiro atoms. The van der Waals surface area contributed by atoms with Gasteiger partial charge in [0.25, 0.3) is 0 Å². The van der Waals surface area contributed by atoms with E-state index in [4.69, 9.17) is 22.1 Å². The molecule has 0 amide bonds. The van der Waals surface area contributed by atoms with Crippen molar-refractivity contribution in [1.82, 2.24) is 0 Å². The first-order chi connectivity index (χ1) is 17.1. The zero-order valence-electron chi connectivity index (χ0n) is 22.9. The fourth-order valence-corrected chi connectivity index (χ4v) is 9.55. The molecule has 2 rings (SSSR count). The molecule has 5 nitrogen and oxygen atoms in total. The van der Waals surface area contributed by atoms with Crippen LogP contribution in [0.4, 0.5) is 0 Å². The van der Waals surface area contributed by atoms with E-state index in [2.05, 4.69) is 31.2 Å². The highest BCUT2D eigenvalue weighted by molar-refractivity contribution is 6.92. The maximum Gasteiger partial charge on any atom is 0.500 e. The van der Waals surface area contributed by atoms with Gasteiger partial charge in [0.2, 0.25) is 0 Å². The summed E-state index contributed by atoms with van der Waals surface area (Å²) in [5.74, 6) is 0. The molecule has 0 aliphatic heterocycles. The number of unbranched alkanes of at least 4 members (excludes halogenated alkanes) is 5. The van der Waals surface area contributed by atoms with E-state index in [-0.39, 0.29) is 0 Å². The first kappa shape index (κ1) is 31.7. The van der Waals surface area contributed by atoms with Crippen LogP contribution >= 0.6 is 0 Å². The van der Waals surface area contributed by atoms with E-state index in [9.17, 15) is 0 Å². The molecule has 0 aromatic heterocycles. The summed E-state index contributed by atoms with van der Waals surface area (Å²) >= 11 is 0. The molecule has 0 saturated heterocycles. The van der Waals surface area contributed by atoms with Gasteiger partial charge in [-0.2, -0.15) is 0 Å². The minimum atomic E-state index is -2.50. The standard InChI is InChI=1S/C14H32O3Si.C14H16O2Si/c1-5-9-10-11-12-13-14-18(15-6-2,16-7-3)17-8-4;1-15-17(16-2,13-9-5-3-6-10-13)14-11-7-4-8-12-14/h5-14H2,1-4H3;3-12H,1-2H3. The van der Waals surface area contributed by atoms with E-state index in [1.165, 1.54) is 32.1 Å². The topological polar surface area (TPSA) is 46.2 Å². The van der Waals surface area contributed by atoms with Crippen molar-refractivity contribution >= 4 is 27.7 Å². The molecule has 0 radical (unpaired) electrons. The van der Waals surface area contributed by atoms with Gasteiger partial charge in [0.05, 0.1) is 0 Å². The normalized spacial score (nSPS) is 11.7. The van der Waals surface area contributed by atoms with Gasteiger partial charge in [0, 0.05) is 40.1 Å². The van der Waals surface area contributed by atoms with Gasteiger partial charge >= 0.3 is 17.4 Å². The van der Waals surface area contributed by atoms with E-state index in [0.717, 1.165) is 22.8 Å². The Kier molecular flexibility index (Phi) is 17.1. The molecule has 2 aromatic rings. The van der Waals surface area contributed by atoms with Crippen molar-refractivity contribution < 1.29 is 22.1 Å². The molecule has 7 heteroatoms. The lowest BCUT2D eigenvalue weighted by Gasteiger charge is -2.28.